The van der Waals surface area contributed by atoms with Gasteiger partial charge in [0, 0.05) is 25.8 Å². The van der Waals surface area contributed by atoms with Crippen molar-refractivity contribution < 1.29 is 18.7 Å². The molecule has 0 bridgehead atoms. The first-order chi connectivity index (χ1) is 10.4. The second kappa shape index (κ2) is 5.48. The zero-order valence-corrected chi connectivity index (χ0v) is 12.2. The Morgan fingerprint density at radius 1 is 1.32 bits per heavy atom. The number of carbonyl (C=O) groups is 1. The summed E-state index contributed by atoms with van der Waals surface area (Å²) in [6.07, 6.45) is 2.10. The van der Waals surface area contributed by atoms with Crippen LogP contribution in [0.4, 0.5) is 8.78 Å². The van der Waals surface area contributed by atoms with E-state index in [0.717, 1.165) is 0 Å². The van der Waals surface area contributed by atoms with Gasteiger partial charge in [0.15, 0.2) is 0 Å². The minimum absolute atomic E-state index is 0.00226. The number of aryl methyl sites for hydroxylation is 1. The highest BCUT2D eigenvalue weighted by atomic mass is 19.3. The standard InChI is InChI=1S/C14H19F2N3O3/c15-14(16)6-4-9(5-7-14)8-18-13(22)19-10(12(20)21)2-1-3-11(19)17-18/h9-10H,1-8H2,(H,20,21). The van der Waals surface area contributed by atoms with Crippen LogP contribution in [0, 0.1) is 5.92 Å². The summed E-state index contributed by atoms with van der Waals surface area (Å²) in [5.74, 6) is -3.13. The van der Waals surface area contributed by atoms with Crippen LogP contribution in [0.5, 0.6) is 0 Å². The van der Waals surface area contributed by atoms with Gasteiger partial charge in [0.25, 0.3) is 0 Å². The molecular weight excluding hydrogens is 296 g/mol. The molecule has 122 valence electrons. The minimum atomic E-state index is -2.59. The summed E-state index contributed by atoms with van der Waals surface area (Å²) < 4.78 is 28.9. The Bertz CT molecular complexity index is 628. The number of carboxylic acids is 1. The summed E-state index contributed by atoms with van der Waals surface area (Å²) in [4.78, 5) is 23.6. The number of fused-ring (bicyclic) bond motifs is 1. The fourth-order valence-electron chi connectivity index (χ4n) is 3.41. The molecular formula is C14H19F2N3O3. The van der Waals surface area contributed by atoms with Crippen molar-refractivity contribution in [3.63, 3.8) is 0 Å². The first kappa shape index (κ1) is 15.2. The predicted octanol–water partition coefficient (Wildman–Crippen LogP) is 1.83. The largest absolute Gasteiger partial charge is 0.480 e. The third-order valence-electron chi connectivity index (χ3n) is 4.68. The first-order valence-corrected chi connectivity index (χ1v) is 7.66. The minimum Gasteiger partial charge on any atom is -0.480 e. The predicted molar refractivity (Wildman–Crippen MR) is 73.0 cm³/mol. The van der Waals surface area contributed by atoms with E-state index >= 15 is 0 Å². The van der Waals surface area contributed by atoms with E-state index in [1.54, 1.807) is 0 Å². The van der Waals surface area contributed by atoms with E-state index in [9.17, 15) is 23.5 Å². The van der Waals surface area contributed by atoms with E-state index in [-0.39, 0.29) is 18.8 Å². The maximum absolute atomic E-state index is 13.2. The summed E-state index contributed by atoms with van der Waals surface area (Å²) in [6, 6.07) is -0.860. The number of aliphatic carboxylic acids is 1. The third-order valence-corrected chi connectivity index (χ3v) is 4.68. The lowest BCUT2D eigenvalue weighted by Gasteiger charge is -2.27. The van der Waals surface area contributed by atoms with Gasteiger partial charge in [-0.15, -0.1) is 0 Å². The highest BCUT2D eigenvalue weighted by molar-refractivity contribution is 5.72. The molecule has 1 atom stereocenters. The van der Waals surface area contributed by atoms with E-state index in [1.807, 2.05) is 0 Å². The molecule has 2 heterocycles. The zero-order chi connectivity index (χ0) is 15.9. The van der Waals surface area contributed by atoms with Crippen molar-refractivity contribution in [3.8, 4) is 0 Å². The molecule has 1 unspecified atom stereocenters. The van der Waals surface area contributed by atoms with E-state index in [0.29, 0.717) is 44.5 Å². The maximum Gasteiger partial charge on any atom is 0.346 e. The first-order valence-electron chi connectivity index (χ1n) is 7.66. The van der Waals surface area contributed by atoms with Gasteiger partial charge in [-0.1, -0.05) is 0 Å². The lowest BCUT2D eigenvalue weighted by atomic mass is 9.87. The van der Waals surface area contributed by atoms with Crippen LogP contribution in [0.25, 0.3) is 0 Å². The number of nitrogens with zero attached hydrogens (tertiary/aromatic N) is 3. The summed E-state index contributed by atoms with van der Waals surface area (Å²) in [6.45, 7) is 0.293. The van der Waals surface area contributed by atoms with Crippen molar-refractivity contribution in [3.05, 3.63) is 16.3 Å². The highest BCUT2D eigenvalue weighted by Gasteiger charge is 2.36. The lowest BCUT2D eigenvalue weighted by Crippen LogP contribution is -2.36. The van der Waals surface area contributed by atoms with Gasteiger partial charge in [0.05, 0.1) is 0 Å². The average molecular weight is 315 g/mol. The molecule has 0 radical (unpaired) electrons. The van der Waals surface area contributed by atoms with E-state index in [4.69, 9.17) is 0 Å². The Morgan fingerprint density at radius 2 is 2.00 bits per heavy atom. The SMILES string of the molecule is O=C(O)C1CCCc2nn(CC3CCC(F)(F)CC3)c(=O)n21. The highest BCUT2D eigenvalue weighted by Crippen LogP contribution is 2.36. The quantitative estimate of drug-likeness (QED) is 0.923. The maximum atomic E-state index is 13.2. The summed E-state index contributed by atoms with van der Waals surface area (Å²) in [5.41, 5.74) is -0.431. The van der Waals surface area contributed by atoms with Crippen molar-refractivity contribution in [2.75, 3.05) is 0 Å². The Labute approximate surface area is 125 Å². The van der Waals surface area contributed by atoms with Gasteiger partial charge in [0.2, 0.25) is 5.92 Å². The second-order valence-electron chi connectivity index (χ2n) is 6.30. The fourth-order valence-corrected chi connectivity index (χ4v) is 3.41. The molecule has 1 aromatic heterocycles. The van der Waals surface area contributed by atoms with Crippen LogP contribution in [0.3, 0.4) is 0 Å². The fraction of sp³-hybridized carbons (Fsp3) is 0.786. The monoisotopic (exact) mass is 315 g/mol. The van der Waals surface area contributed by atoms with E-state index < -0.39 is 23.6 Å². The van der Waals surface area contributed by atoms with Crippen molar-refractivity contribution in [1.29, 1.82) is 0 Å². The van der Waals surface area contributed by atoms with Crippen molar-refractivity contribution >= 4 is 5.97 Å². The number of rotatable bonds is 3. The van der Waals surface area contributed by atoms with Gasteiger partial charge < -0.3 is 5.11 Å². The second-order valence-corrected chi connectivity index (χ2v) is 6.30. The van der Waals surface area contributed by atoms with Crippen molar-refractivity contribution in [2.24, 2.45) is 5.92 Å². The Kier molecular flexibility index (Phi) is 3.78. The lowest BCUT2D eigenvalue weighted by molar-refractivity contribution is -0.141. The number of aromatic nitrogens is 3. The van der Waals surface area contributed by atoms with Crippen molar-refractivity contribution in [2.45, 2.75) is 63.5 Å². The molecule has 6 nitrogen and oxygen atoms in total. The van der Waals surface area contributed by atoms with Crippen LogP contribution in [0.2, 0.25) is 0 Å². The molecule has 1 fully saturated rings. The molecule has 22 heavy (non-hydrogen) atoms. The molecule has 1 aromatic rings. The number of carboxylic acid groups (broad SMARTS) is 1. The Balaban J connectivity index is 1.79. The molecule has 1 aliphatic carbocycles. The number of hydrogen-bond acceptors (Lipinski definition) is 3. The van der Waals surface area contributed by atoms with Gasteiger partial charge >= 0.3 is 11.7 Å². The smallest absolute Gasteiger partial charge is 0.346 e. The molecule has 0 amide bonds. The molecule has 1 N–H and O–H groups in total. The molecule has 0 saturated heterocycles. The van der Waals surface area contributed by atoms with Crippen LogP contribution in [-0.4, -0.2) is 31.3 Å². The number of halogens is 2. The Hall–Kier alpha value is -1.73. The molecule has 0 aromatic carbocycles. The van der Waals surface area contributed by atoms with E-state index in [2.05, 4.69) is 5.10 Å². The van der Waals surface area contributed by atoms with Crippen LogP contribution < -0.4 is 5.69 Å². The van der Waals surface area contributed by atoms with Crippen molar-refractivity contribution in [1.82, 2.24) is 14.3 Å². The molecule has 8 heteroatoms. The molecule has 2 aliphatic rings. The normalized spacial score (nSPS) is 24.9. The topological polar surface area (TPSA) is 77.1 Å². The molecule has 0 spiro atoms. The van der Waals surface area contributed by atoms with E-state index in [1.165, 1.54) is 9.25 Å². The number of hydrogen-bond donors (Lipinski definition) is 1. The van der Waals surface area contributed by atoms with Gasteiger partial charge in [0.1, 0.15) is 11.9 Å². The molecule has 1 aliphatic heterocycles. The van der Waals surface area contributed by atoms with Gasteiger partial charge in [-0.3, -0.25) is 4.57 Å². The molecule has 1 saturated carbocycles. The van der Waals surface area contributed by atoms with Gasteiger partial charge in [-0.25, -0.2) is 23.1 Å². The van der Waals surface area contributed by atoms with Gasteiger partial charge in [-0.05, 0) is 31.6 Å². The molecule has 3 rings (SSSR count). The average Bonchev–Trinajstić information content (AvgIpc) is 2.78. The van der Waals surface area contributed by atoms with Crippen LogP contribution in [0.1, 0.15) is 50.4 Å². The zero-order valence-electron chi connectivity index (χ0n) is 12.2. The van der Waals surface area contributed by atoms with Crippen LogP contribution >= 0.6 is 0 Å². The summed E-state index contributed by atoms with van der Waals surface area (Å²) in [7, 11) is 0. The summed E-state index contributed by atoms with van der Waals surface area (Å²) >= 11 is 0. The Morgan fingerprint density at radius 3 is 2.64 bits per heavy atom. The number of alkyl halides is 2. The van der Waals surface area contributed by atoms with Crippen LogP contribution in [0.15, 0.2) is 4.79 Å². The third kappa shape index (κ3) is 2.78. The van der Waals surface area contributed by atoms with Crippen LogP contribution in [-0.2, 0) is 17.8 Å². The van der Waals surface area contributed by atoms with Gasteiger partial charge in [-0.2, -0.15) is 5.10 Å². The summed E-state index contributed by atoms with van der Waals surface area (Å²) in [5, 5.41) is 13.4.